The number of carbonyl (C=O) groups is 4. The summed E-state index contributed by atoms with van der Waals surface area (Å²) in [4.78, 5) is 64.3. The molecular weight excluding hydrogens is 745 g/mol. The fourth-order valence-electron chi connectivity index (χ4n) is 8.51. The number of hydrogen-bond acceptors (Lipinski definition) is 11. The number of nitrogens with two attached hydrogens (primary N) is 1. The Hall–Kier alpha value is -5.34. The Bertz CT molecular complexity index is 2000. The number of fused-ring (bicyclic) bond motifs is 1. The number of aryl methyl sites for hydroxylation is 1. The lowest BCUT2D eigenvalue weighted by molar-refractivity contribution is -0.131. The topological polar surface area (TPSA) is 164 Å². The van der Waals surface area contributed by atoms with Crippen LogP contribution >= 0.6 is 0 Å². The van der Waals surface area contributed by atoms with Crippen molar-refractivity contribution >= 4 is 52.6 Å². The van der Waals surface area contributed by atoms with E-state index in [1.165, 1.54) is 19.9 Å². The number of H-pyrrole nitrogens is 1. The quantitative estimate of drug-likeness (QED) is 0.0928. The van der Waals surface area contributed by atoms with Crippen molar-refractivity contribution in [1.82, 2.24) is 35.2 Å². The summed E-state index contributed by atoms with van der Waals surface area (Å²) in [6.45, 7) is 16.0. The van der Waals surface area contributed by atoms with Gasteiger partial charge in [-0.15, -0.1) is 0 Å². The Balaban J connectivity index is 0.00000326. The summed E-state index contributed by atoms with van der Waals surface area (Å²) < 4.78 is 0. The van der Waals surface area contributed by atoms with Gasteiger partial charge in [-0.1, -0.05) is 13.8 Å². The number of carbonyl (C=O) groups excluding carboxylic acids is 4. The van der Waals surface area contributed by atoms with E-state index in [2.05, 4.69) is 55.2 Å². The molecule has 0 radical (unpaired) electrons. The summed E-state index contributed by atoms with van der Waals surface area (Å²) in [5.74, 6) is 0.603. The normalized spacial score (nSPS) is 15.7. The third-order valence-electron chi connectivity index (χ3n) is 11.9. The Morgan fingerprint density at radius 3 is 2.41 bits per heavy atom. The van der Waals surface area contributed by atoms with Crippen molar-refractivity contribution in [2.75, 3.05) is 82.0 Å². The first-order valence-electron chi connectivity index (χ1n) is 21.3. The van der Waals surface area contributed by atoms with Gasteiger partial charge in [0.05, 0.1) is 5.52 Å². The van der Waals surface area contributed by atoms with Gasteiger partial charge < -0.3 is 35.4 Å². The number of aromatic nitrogens is 3. The Morgan fingerprint density at radius 2 is 1.75 bits per heavy atom. The van der Waals surface area contributed by atoms with E-state index in [1.807, 2.05) is 63.4 Å². The molecular formula is C45H64N10O4. The Kier molecular flexibility index (Phi) is 16.4. The SMILES string of the molecule is CC.CCN(CCN(C)CC1CCN(C2CCN(c3ccc(C(=O)N(C=O)C(CCC=O)C(=O)NC)c(C)c3)CC2)CC1)c1cc(-c2n[nH]c3ccc(N)cc23)ccn1. The summed E-state index contributed by atoms with van der Waals surface area (Å²) in [5.41, 5.74) is 11.8. The third-order valence-corrected chi connectivity index (χ3v) is 11.9. The number of rotatable bonds is 17. The Labute approximate surface area is 349 Å². The number of amides is 3. The first-order valence-corrected chi connectivity index (χ1v) is 21.3. The van der Waals surface area contributed by atoms with Gasteiger partial charge in [0.1, 0.15) is 23.8 Å². The number of nitrogen functional groups attached to an aromatic ring is 1. The van der Waals surface area contributed by atoms with Gasteiger partial charge in [0.15, 0.2) is 0 Å². The summed E-state index contributed by atoms with van der Waals surface area (Å²) >= 11 is 0. The molecule has 2 aromatic carbocycles. The molecule has 3 amide bonds. The van der Waals surface area contributed by atoms with Crippen molar-refractivity contribution in [3.05, 3.63) is 65.9 Å². The van der Waals surface area contributed by atoms with Crippen LogP contribution < -0.4 is 20.9 Å². The lowest BCUT2D eigenvalue weighted by Crippen LogP contribution is -2.49. The van der Waals surface area contributed by atoms with Crippen LogP contribution in [0.25, 0.3) is 22.2 Å². The van der Waals surface area contributed by atoms with Crippen LogP contribution in [0.15, 0.2) is 54.7 Å². The van der Waals surface area contributed by atoms with E-state index in [-0.39, 0.29) is 12.8 Å². The lowest BCUT2D eigenvalue weighted by atomic mass is 9.93. The van der Waals surface area contributed by atoms with Gasteiger partial charge in [-0.2, -0.15) is 5.10 Å². The number of pyridine rings is 1. The van der Waals surface area contributed by atoms with Crippen LogP contribution in [0.2, 0.25) is 0 Å². The highest BCUT2D eigenvalue weighted by molar-refractivity contribution is 6.04. The summed E-state index contributed by atoms with van der Waals surface area (Å²) in [7, 11) is 3.68. The van der Waals surface area contributed by atoms with Crippen molar-refractivity contribution in [1.29, 1.82) is 0 Å². The number of imide groups is 1. The molecule has 2 saturated heterocycles. The highest BCUT2D eigenvalue weighted by Gasteiger charge is 2.32. The predicted molar refractivity (Wildman–Crippen MR) is 237 cm³/mol. The monoisotopic (exact) mass is 809 g/mol. The second kappa shape index (κ2) is 21.6. The van der Waals surface area contributed by atoms with E-state index < -0.39 is 17.9 Å². The molecule has 0 aliphatic carbocycles. The van der Waals surface area contributed by atoms with E-state index in [0.717, 1.165) is 109 Å². The average molecular weight is 809 g/mol. The van der Waals surface area contributed by atoms with Gasteiger partial charge in [-0.25, -0.2) is 4.98 Å². The minimum Gasteiger partial charge on any atom is -0.399 e. The molecule has 14 heteroatoms. The van der Waals surface area contributed by atoms with Crippen LogP contribution in [0, 0.1) is 12.8 Å². The van der Waals surface area contributed by atoms with Gasteiger partial charge in [-0.05, 0) is 126 Å². The highest BCUT2D eigenvalue weighted by atomic mass is 16.2. The number of aromatic amines is 1. The number of piperidine rings is 2. The Morgan fingerprint density at radius 1 is 1.00 bits per heavy atom. The van der Waals surface area contributed by atoms with Crippen LogP contribution in [0.1, 0.15) is 75.2 Å². The van der Waals surface area contributed by atoms with E-state index in [1.54, 1.807) is 6.07 Å². The minimum atomic E-state index is -1.05. The number of aldehydes is 1. The zero-order valence-electron chi connectivity index (χ0n) is 35.8. The van der Waals surface area contributed by atoms with Gasteiger partial charge >= 0.3 is 0 Å². The number of hydrogen-bond donors (Lipinski definition) is 3. The van der Waals surface area contributed by atoms with E-state index in [9.17, 15) is 19.2 Å². The van der Waals surface area contributed by atoms with Crippen molar-refractivity contribution in [3.8, 4) is 11.3 Å². The van der Waals surface area contributed by atoms with Crippen LogP contribution in [0.4, 0.5) is 17.2 Å². The van der Waals surface area contributed by atoms with Gasteiger partial charge in [0.2, 0.25) is 12.3 Å². The summed E-state index contributed by atoms with van der Waals surface area (Å²) in [5, 5.41) is 11.2. The first-order chi connectivity index (χ1) is 28.6. The third kappa shape index (κ3) is 11.0. The van der Waals surface area contributed by atoms with Crippen LogP contribution in [0.5, 0.6) is 0 Å². The standard InChI is InChI=1S/C43H58N10O4.C2H6/c1-5-50(40-26-32(12-17-46-40)41-37-27-33(44)8-11-38(37)47-48-41)23-22-49(4)28-31-13-18-51(19-14-31)34-15-20-52(21-16-34)35-9-10-36(30(2)25-35)43(57)53(29-55)39(7-6-24-54)42(56)45-3;1-2/h8-12,17,24-27,29,31,34,39H,5-7,13-16,18-23,28,44H2,1-4H3,(H,45,56)(H,47,48);1-2H3. The molecule has 4 N–H and O–H groups in total. The maximum Gasteiger partial charge on any atom is 0.261 e. The van der Waals surface area contributed by atoms with Crippen molar-refractivity contribution in [2.24, 2.45) is 5.92 Å². The summed E-state index contributed by atoms with van der Waals surface area (Å²) in [6.07, 6.45) is 7.64. The number of likely N-dealkylation sites (tertiary alicyclic amines) is 1. The van der Waals surface area contributed by atoms with Crippen molar-refractivity contribution in [2.45, 2.75) is 78.3 Å². The number of nitrogens with one attached hydrogen (secondary N) is 2. The molecule has 0 spiro atoms. The summed E-state index contributed by atoms with van der Waals surface area (Å²) in [6, 6.07) is 15.1. The van der Waals surface area contributed by atoms with Crippen LogP contribution in [-0.4, -0.2) is 133 Å². The lowest BCUT2D eigenvalue weighted by Gasteiger charge is -2.43. The molecule has 318 valence electrons. The largest absolute Gasteiger partial charge is 0.399 e. The van der Waals surface area contributed by atoms with Gasteiger partial charge in [0.25, 0.3) is 5.91 Å². The molecule has 2 aromatic heterocycles. The first kappa shape index (κ1) is 44.8. The number of benzene rings is 2. The molecule has 1 unspecified atom stereocenters. The second-order valence-corrected chi connectivity index (χ2v) is 15.5. The molecule has 14 nitrogen and oxygen atoms in total. The maximum atomic E-state index is 13.4. The molecule has 4 heterocycles. The smallest absolute Gasteiger partial charge is 0.261 e. The molecule has 59 heavy (non-hydrogen) atoms. The molecule has 1 atom stereocenters. The highest BCUT2D eigenvalue weighted by Crippen LogP contribution is 2.31. The van der Waals surface area contributed by atoms with Crippen molar-refractivity contribution in [3.63, 3.8) is 0 Å². The molecule has 0 bridgehead atoms. The van der Waals surface area contributed by atoms with E-state index >= 15 is 0 Å². The maximum absolute atomic E-state index is 13.4. The van der Waals surface area contributed by atoms with E-state index in [0.29, 0.717) is 35.9 Å². The molecule has 2 fully saturated rings. The molecule has 0 saturated carbocycles. The molecule has 6 rings (SSSR count). The van der Waals surface area contributed by atoms with Crippen LogP contribution in [-0.2, 0) is 14.4 Å². The van der Waals surface area contributed by atoms with E-state index in [4.69, 9.17) is 10.7 Å². The zero-order chi connectivity index (χ0) is 42.5. The van der Waals surface area contributed by atoms with Crippen LogP contribution in [0.3, 0.4) is 0 Å². The minimum absolute atomic E-state index is 0.0660. The average Bonchev–Trinajstić information content (AvgIpc) is 3.69. The molecule has 4 aromatic rings. The molecule has 2 aliphatic heterocycles. The fraction of sp³-hybridized carbons (Fsp3) is 0.511. The number of nitrogens with zero attached hydrogens (tertiary/aromatic N) is 7. The second-order valence-electron chi connectivity index (χ2n) is 15.5. The fourth-order valence-corrected chi connectivity index (χ4v) is 8.51. The predicted octanol–water partition coefficient (Wildman–Crippen LogP) is 5.37. The number of likely N-dealkylation sites (N-methyl/N-ethyl adjacent to an activating group) is 3. The van der Waals surface area contributed by atoms with Gasteiger partial charge in [0, 0.05) is 92.9 Å². The number of anilines is 3. The molecule has 2 aliphatic rings. The zero-order valence-corrected chi connectivity index (χ0v) is 35.8. The van der Waals surface area contributed by atoms with Gasteiger partial charge in [-0.3, -0.25) is 24.4 Å². The van der Waals surface area contributed by atoms with Crippen molar-refractivity contribution < 1.29 is 19.2 Å².